The van der Waals surface area contributed by atoms with Gasteiger partial charge in [-0.15, -0.1) is 0 Å². The molecule has 37 heavy (non-hydrogen) atoms. The third kappa shape index (κ3) is 6.44. The summed E-state index contributed by atoms with van der Waals surface area (Å²) < 4.78 is 0. The summed E-state index contributed by atoms with van der Waals surface area (Å²) in [5, 5.41) is 10.0. The number of hydrogen-bond acceptors (Lipinski definition) is 8. The molecule has 0 bridgehead atoms. The zero-order valence-electron chi connectivity index (χ0n) is 20.4. The molecule has 1 aliphatic rings. The van der Waals surface area contributed by atoms with Gasteiger partial charge in [-0.25, -0.2) is 24.9 Å². The number of anilines is 3. The van der Waals surface area contributed by atoms with Crippen molar-refractivity contribution < 1.29 is 4.79 Å². The van der Waals surface area contributed by atoms with Gasteiger partial charge in [0.2, 0.25) is 5.91 Å². The number of piperidine rings is 1. The molecule has 0 aliphatic carbocycles. The Kier molecular flexibility index (Phi) is 7.62. The van der Waals surface area contributed by atoms with E-state index in [0.29, 0.717) is 46.1 Å². The zero-order chi connectivity index (χ0) is 25.6. The van der Waals surface area contributed by atoms with Crippen LogP contribution in [0.5, 0.6) is 0 Å². The van der Waals surface area contributed by atoms with Crippen LogP contribution < -0.4 is 16.0 Å². The highest BCUT2D eigenvalue weighted by Crippen LogP contribution is 2.26. The molecule has 3 N–H and O–H groups in total. The maximum atomic E-state index is 12.7. The van der Waals surface area contributed by atoms with Crippen LogP contribution in [0.1, 0.15) is 29.9 Å². The molecule has 1 aromatic carbocycles. The lowest BCUT2D eigenvalue weighted by molar-refractivity contribution is -0.120. The van der Waals surface area contributed by atoms with Crippen molar-refractivity contribution in [3.63, 3.8) is 0 Å². The Morgan fingerprint density at radius 3 is 2.59 bits per heavy atom. The Hall–Kier alpha value is -3.95. The average Bonchev–Trinajstić information content (AvgIpc) is 2.91. The van der Waals surface area contributed by atoms with Gasteiger partial charge in [0.05, 0.1) is 10.7 Å². The molecule has 1 amide bonds. The highest BCUT2D eigenvalue weighted by atomic mass is 35.5. The number of halogens is 1. The van der Waals surface area contributed by atoms with Gasteiger partial charge in [0.25, 0.3) is 0 Å². The highest BCUT2D eigenvalue weighted by Gasteiger charge is 2.21. The van der Waals surface area contributed by atoms with E-state index in [1.54, 1.807) is 30.6 Å². The molecular formula is C27H27ClN8O. The van der Waals surface area contributed by atoms with Crippen LogP contribution in [0.4, 0.5) is 17.3 Å². The monoisotopic (exact) mass is 514 g/mol. The molecule has 0 radical (unpaired) electrons. The fraction of sp³-hybridized carbons (Fsp3) is 0.259. The van der Waals surface area contributed by atoms with E-state index in [-0.39, 0.29) is 11.8 Å². The first-order valence-electron chi connectivity index (χ1n) is 12.2. The highest BCUT2D eigenvalue weighted by molar-refractivity contribution is 6.33. The summed E-state index contributed by atoms with van der Waals surface area (Å²) in [5.41, 5.74) is 3.15. The average molecular weight is 515 g/mol. The summed E-state index contributed by atoms with van der Waals surface area (Å²) in [7, 11) is 0. The molecule has 0 atom stereocenters. The molecule has 0 unspecified atom stereocenters. The number of carbonyl (C=O) groups is 1. The van der Waals surface area contributed by atoms with E-state index in [1.165, 1.54) is 0 Å². The quantitative estimate of drug-likeness (QED) is 0.328. The van der Waals surface area contributed by atoms with Gasteiger partial charge in [-0.2, -0.15) is 0 Å². The van der Waals surface area contributed by atoms with Crippen molar-refractivity contribution in [1.29, 1.82) is 0 Å². The first-order chi connectivity index (χ1) is 18.0. The van der Waals surface area contributed by atoms with Crippen LogP contribution in [-0.2, 0) is 11.2 Å². The maximum Gasteiger partial charge on any atom is 0.227 e. The molecule has 9 nitrogen and oxygen atoms in total. The van der Waals surface area contributed by atoms with E-state index in [0.717, 1.165) is 37.2 Å². The second kappa shape index (κ2) is 11.4. The third-order valence-electron chi connectivity index (χ3n) is 6.10. The van der Waals surface area contributed by atoms with Crippen LogP contribution in [0.2, 0.25) is 5.02 Å². The van der Waals surface area contributed by atoms with Gasteiger partial charge in [-0.3, -0.25) is 4.79 Å². The number of aryl methyl sites for hydroxylation is 1. The van der Waals surface area contributed by atoms with Crippen LogP contribution in [0.15, 0.2) is 60.9 Å². The predicted molar refractivity (Wildman–Crippen MR) is 144 cm³/mol. The van der Waals surface area contributed by atoms with E-state index >= 15 is 0 Å². The number of amides is 1. The van der Waals surface area contributed by atoms with Crippen LogP contribution in [0.3, 0.4) is 0 Å². The number of rotatable bonds is 7. The SMILES string of the molecule is Cc1cccc(-c2nccc(Nc3ccnc(Cc4ccc(Cl)c(NC(=O)C5CCNCC5)c4)n3)n2)n1. The molecule has 1 saturated heterocycles. The largest absolute Gasteiger partial charge is 0.325 e. The summed E-state index contributed by atoms with van der Waals surface area (Å²) in [4.78, 5) is 35.2. The molecule has 188 valence electrons. The summed E-state index contributed by atoms with van der Waals surface area (Å²) in [6.07, 6.45) is 5.51. The number of carbonyl (C=O) groups excluding carboxylic acids is 1. The Bertz CT molecular complexity index is 1410. The summed E-state index contributed by atoms with van der Waals surface area (Å²) in [6.45, 7) is 3.64. The number of nitrogens with zero attached hydrogens (tertiary/aromatic N) is 5. The predicted octanol–water partition coefficient (Wildman–Crippen LogP) is 4.56. The van der Waals surface area contributed by atoms with Crippen molar-refractivity contribution >= 4 is 34.8 Å². The van der Waals surface area contributed by atoms with Gasteiger partial charge in [-0.1, -0.05) is 23.7 Å². The van der Waals surface area contributed by atoms with Crippen molar-refractivity contribution in [3.05, 3.63) is 83.0 Å². The topological polar surface area (TPSA) is 118 Å². The smallest absolute Gasteiger partial charge is 0.227 e. The Morgan fingerprint density at radius 2 is 1.78 bits per heavy atom. The van der Waals surface area contributed by atoms with Gasteiger partial charge in [0.1, 0.15) is 23.2 Å². The minimum absolute atomic E-state index is 0.00364. The first kappa shape index (κ1) is 24.7. The number of nitrogens with one attached hydrogen (secondary N) is 3. The van der Waals surface area contributed by atoms with E-state index in [1.807, 2.05) is 37.3 Å². The zero-order valence-corrected chi connectivity index (χ0v) is 21.2. The number of aromatic nitrogens is 5. The summed E-state index contributed by atoms with van der Waals surface area (Å²) in [6, 6.07) is 14.9. The van der Waals surface area contributed by atoms with Crippen LogP contribution in [0, 0.1) is 12.8 Å². The normalized spacial score (nSPS) is 13.8. The minimum atomic E-state index is -0.00364. The molecule has 4 aromatic rings. The van der Waals surface area contributed by atoms with Crippen LogP contribution in [0.25, 0.3) is 11.5 Å². The van der Waals surface area contributed by atoms with Gasteiger partial charge in [0.15, 0.2) is 5.82 Å². The van der Waals surface area contributed by atoms with E-state index in [9.17, 15) is 4.79 Å². The van der Waals surface area contributed by atoms with Crippen molar-refractivity contribution in [2.75, 3.05) is 23.7 Å². The summed E-state index contributed by atoms with van der Waals surface area (Å²) >= 11 is 6.38. The maximum absolute atomic E-state index is 12.7. The van der Waals surface area contributed by atoms with Gasteiger partial charge in [0, 0.05) is 30.4 Å². The molecule has 5 rings (SSSR count). The molecule has 0 saturated carbocycles. The molecule has 10 heteroatoms. The van der Waals surface area contributed by atoms with E-state index in [4.69, 9.17) is 11.6 Å². The van der Waals surface area contributed by atoms with Crippen molar-refractivity contribution in [2.24, 2.45) is 5.92 Å². The summed E-state index contributed by atoms with van der Waals surface area (Å²) in [5.74, 6) is 2.37. The molecule has 3 aromatic heterocycles. The van der Waals surface area contributed by atoms with Crippen LogP contribution >= 0.6 is 11.6 Å². The van der Waals surface area contributed by atoms with Gasteiger partial charge >= 0.3 is 0 Å². The minimum Gasteiger partial charge on any atom is -0.325 e. The van der Waals surface area contributed by atoms with E-state index < -0.39 is 0 Å². The van der Waals surface area contributed by atoms with Gasteiger partial charge < -0.3 is 16.0 Å². The van der Waals surface area contributed by atoms with E-state index in [2.05, 4.69) is 40.9 Å². The Morgan fingerprint density at radius 1 is 1.00 bits per heavy atom. The number of benzene rings is 1. The molecular weight excluding hydrogens is 488 g/mol. The molecule has 4 heterocycles. The number of pyridine rings is 1. The van der Waals surface area contributed by atoms with Crippen molar-refractivity contribution in [1.82, 2.24) is 30.2 Å². The van der Waals surface area contributed by atoms with Gasteiger partial charge in [-0.05, 0) is 74.8 Å². The second-order valence-electron chi connectivity index (χ2n) is 8.92. The standard InChI is InChI=1S/C27H27ClN8O/c1-17-3-2-4-21(32-17)26-31-14-10-24(36-26)34-23-9-13-30-25(35-23)16-18-5-6-20(28)22(15-18)33-27(37)19-7-11-29-12-8-19/h2-6,9-10,13-15,19,29H,7-8,11-12,16H2,1H3,(H,33,37)(H,30,31,34,35,36). The lowest BCUT2D eigenvalue weighted by Crippen LogP contribution is -2.34. The lowest BCUT2D eigenvalue weighted by atomic mass is 9.97. The lowest BCUT2D eigenvalue weighted by Gasteiger charge is -2.22. The Balaban J connectivity index is 1.28. The second-order valence-corrected chi connectivity index (χ2v) is 9.32. The third-order valence-corrected chi connectivity index (χ3v) is 6.43. The fourth-order valence-corrected chi connectivity index (χ4v) is 4.35. The fourth-order valence-electron chi connectivity index (χ4n) is 4.18. The molecule has 1 aliphatic heterocycles. The van der Waals surface area contributed by atoms with Crippen molar-refractivity contribution in [2.45, 2.75) is 26.2 Å². The molecule has 0 spiro atoms. The number of hydrogen-bond donors (Lipinski definition) is 3. The Labute approximate surface area is 220 Å². The first-order valence-corrected chi connectivity index (χ1v) is 12.6. The van der Waals surface area contributed by atoms with Crippen LogP contribution in [-0.4, -0.2) is 43.9 Å². The molecule has 1 fully saturated rings. The van der Waals surface area contributed by atoms with Crippen molar-refractivity contribution in [3.8, 4) is 11.5 Å².